The van der Waals surface area contributed by atoms with Gasteiger partial charge in [-0.1, -0.05) is 55.8 Å². The molecule has 5 heteroatoms. The van der Waals surface area contributed by atoms with E-state index < -0.39 is 0 Å². The second-order valence-electron chi connectivity index (χ2n) is 6.40. The van der Waals surface area contributed by atoms with E-state index in [0.29, 0.717) is 16.9 Å². The molecule has 0 saturated heterocycles. The van der Waals surface area contributed by atoms with Crippen LogP contribution in [0.2, 0.25) is 0 Å². The number of benzene rings is 1. The minimum absolute atomic E-state index is 0.0326. The zero-order valence-electron chi connectivity index (χ0n) is 13.9. The maximum Gasteiger partial charge on any atom is 0.273 e. The number of carbonyl (C=O) groups is 2. The summed E-state index contributed by atoms with van der Waals surface area (Å²) in [6.07, 6.45) is 7.42. The van der Waals surface area contributed by atoms with Crippen LogP contribution in [0.15, 0.2) is 29.3 Å². The summed E-state index contributed by atoms with van der Waals surface area (Å²) in [5, 5.41) is 0.0345. The fraction of sp³-hybridized carbons (Fsp3) is 0.474. The average molecular weight is 348 g/mol. The number of nitrogens with zero attached hydrogens (tertiary/aromatic N) is 1. The van der Waals surface area contributed by atoms with Crippen LogP contribution in [0.5, 0.6) is 5.75 Å². The molecule has 3 rings (SSSR count). The number of methoxy groups -OCH3 is 1. The maximum absolute atomic E-state index is 12.9. The predicted molar refractivity (Wildman–Crippen MR) is 93.7 cm³/mol. The summed E-state index contributed by atoms with van der Waals surface area (Å²) in [6, 6.07) is 7.04. The van der Waals surface area contributed by atoms with Gasteiger partial charge in [0.05, 0.1) is 12.7 Å². The third kappa shape index (κ3) is 3.20. The van der Waals surface area contributed by atoms with Crippen molar-refractivity contribution < 1.29 is 14.3 Å². The van der Waals surface area contributed by atoms with Crippen molar-refractivity contribution in [3.8, 4) is 5.75 Å². The van der Waals surface area contributed by atoms with Gasteiger partial charge in [0.2, 0.25) is 0 Å². The number of amides is 2. The Kier molecular flexibility index (Phi) is 5.24. The molecule has 24 heavy (non-hydrogen) atoms. The van der Waals surface area contributed by atoms with Crippen molar-refractivity contribution in [1.29, 1.82) is 0 Å². The third-order valence-corrected chi connectivity index (χ3v) is 5.23. The fourth-order valence-corrected chi connectivity index (χ4v) is 3.83. The van der Waals surface area contributed by atoms with Crippen LogP contribution >= 0.6 is 11.6 Å². The van der Waals surface area contributed by atoms with Gasteiger partial charge in [-0.25, -0.2) is 0 Å². The quantitative estimate of drug-likeness (QED) is 0.772. The molecule has 0 spiro atoms. The van der Waals surface area contributed by atoms with Gasteiger partial charge < -0.3 is 4.74 Å². The van der Waals surface area contributed by atoms with E-state index in [0.717, 1.165) is 25.7 Å². The Morgan fingerprint density at radius 3 is 2.12 bits per heavy atom. The topological polar surface area (TPSA) is 46.6 Å². The molecule has 1 fully saturated rings. The minimum Gasteiger partial charge on any atom is -0.497 e. The van der Waals surface area contributed by atoms with E-state index in [1.54, 1.807) is 31.4 Å². The summed E-state index contributed by atoms with van der Waals surface area (Å²) >= 11 is 6.26. The van der Waals surface area contributed by atoms with E-state index in [4.69, 9.17) is 16.3 Å². The highest BCUT2D eigenvalue weighted by molar-refractivity contribution is 6.55. The molecular weight excluding hydrogens is 326 g/mol. The molecule has 1 aliphatic carbocycles. The van der Waals surface area contributed by atoms with E-state index in [1.165, 1.54) is 24.2 Å². The van der Waals surface area contributed by atoms with E-state index in [1.807, 2.05) is 0 Å². The van der Waals surface area contributed by atoms with Gasteiger partial charge in [-0.3, -0.25) is 14.5 Å². The molecule has 0 atom stereocenters. The zero-order valence-corrected chi connectivity index (χ0v) is 14.6. The van der Waals surface area contributed by atoms with Crippen LogP contribution in [0, 0.1) is 0 Å². The van der Waals surface area contributed by atoms with Gasteiger partial charge in [0.1, 0.15) is 10.8 Å². The number of carbonyl (C=O) groups excluding carboxylic acids is 2. The maximum atomic E-state index is 12.9. The number of halogens is 1. The molecule has 1 aromatic carbocycles. The van der Waals surface area contributed by atoms with Crippen LogP contribution in [-0.4, -0.2) is 29.9 Å². The molecule has 4 nitrogen and oxygen atoms in total. The van der Waals surface area contributed by atoms with Crippen molar-refractivity contribution in [3.63, 3.8) is 0 Å². The molecule has 1 saturated carbocycles. The Morgan fingerprint density at radius 2 is 1.54 bits per heavy atom. The number of imide groups is 1. The zero-order chi connectivity index (χ0) is 17.1. The van der Waals surface area contributed by atoms with Gasteiger partial charge in [0.15, 0.2) is 0 Å². The van der Waals surface area contributed by atoms with Gasteiger partial charge in [-0.15, -0.1) is 0 Å². The number of hydrogen-bond donors (Lipinski definition) is 0. The average Bonchev–Trinajstić information content (AvgIpc) is 2.78. The van der Waals surface area contributed by atoms with Crippen molar-refractivity contribution in [1.82, 2.24) is 4.90 Å². The van der Waals surface area contributed by atoms with Crippen molar-refractivity contribution in [2.75, 3.05) is 7.11 Å². The fourth-order valence-electron chi connectivity index (χ4n) is 3.55. The summed E-state index contributed by atoms with van der Waals surface area (Å²) in [5.74, 6) is 0.0860. The first-order valence-electron chi connectivity index (χ1n) is 8.55. The summed E-state index contributed by atoms with van der Waals surface area (Å²) < 4.78 is 5.14. The first-order valence-corrected chi connectivity index (χ1v) is 8.93. The lowest BCUT2D eigenvalue weighted by Gasteiger charge is -2.28. The van der Waals surface area contributed by atoms with Crippen molar-refractivity contribution in [2.24, 2.45) is 0 Å². The summed E-state index contributed by atoms with van der Waals surface area (Å²) in [5.41, 5.74) is 0.971. The highest BCUT2D eigenvalue weighted by Crippen LogP contribution is 2.36. The molecule has 0 unspecified atom stereocenters. The van der Waals surface area contributed by atoms with Crippen molar-refractivity contribution in [3.05, 3.63) is 34.9 Å². The lowest BCUT2D eigenvalue weighted by Crippen LogP contribution is -2.41. The molecule has 0 radical (unpaired) electrons. The molecular formula is C19H22ClNO3. The highest BCUT2D eigenvalue weighted by atomic mass is 35.5. The second kappa shape index (κ2) is 7.39. The molecule has 0 bridgehead atoms. The van der Waals surface area contributed by atoms with Crippen LogP contribution < -0.4 is 4.74 Å². The van der Waals surface area contributed by atoms with Gasteiger partial charge in [0, 0.05) is 6.04 Å². The monoisotopic (exact) mass is 347 g/mol. The molecule has 2 aliphatic rings. The summed E-state index contributed by atoms with van der Waals surface area (Å²) in [6.45, 7) is 0. The predicted octanol–water partition coefficient (Wildman–Crippen LogP) is 4.13. The largest absolute Gasteiger partial charge is 0.497 e. The standard InChI is InChI=1S/C19H22ClNO3/c1-24-15-11-9-13(10-12-15)16-17(20)19(23)21(18(16)22)14-7-5-3-2-4-6-8-14/h9-12,14H,2-8H2,1H3. The van der Waals surface area contributed by atoms with E-state index in [9.17, 15) is 9.59 Å². The van der Waals surface area contributed by atoms with Gasteiger partial charge in [-0.2, -0.15) is 0 Å². The number of hydrogen-bond acceptors (Lipinski definition) is 3. The highest BCUT2D eigenvalue weighted by Gasteiger charge is 2.41. The number of ether oxygens (including phenoxy) is 1. The lowest BCUT2D eigenvalue weighted by atomic mass is 9.95. The number of rotatable bonds is 3. The SMILES string of the molecule is COc1ccc(C2=C(Cl)C(=O)N(C3CCCCCCC3)C2=O)cc1. The van der Waals surface area contributed by atoms with Crippen molar-refractivity contribution >= 4 is 29.0 Å². The molecule has 128 valence electrons. The molecule has 0 N–H and O–H groups in total. The van der Waals surface area contributed by atoms with Crippen LogP contribution in [-0.2, 0) is 9.59 Å². The molecule has 1 heterocycles. The summed E-state index contributed by atoms with van der Waals surface area (Å²) in [7, 11) is 1.59. The Morgan fingerprint density at radius 1 is 0.958 bits per heavy atom. The molecule has 1 aliphatic heterocycles. The Bertz CT molecular complexity index is 658. The Balaban J connectivity index is 1.86. The van der Waals surface area contributed by atoms with Crippen LogP contribution in [0.25, 0.3) is 5.57 Å². The lowest BCUT2D eigenvalue weighted by molar-refractivity contribution is -0.139. The van der Waals surface area contributed by atoms with Gasteiger partial charge in [0.25, 0.3) is 11.8 Å². The Labute approximate surface area is 147 Å². The molecule has 0 aromatic heterocycles. The normalized spacial score (nSPS) is 20.3. The van der Waals surface area contributed by atoms with E-state index in [-0.39, 0.29) is 22.9 Å². The van der Waals surface area contributed by atoms with Crippen LogP contribution in [0.1, 0.15) is 50.5 Å². The van der Waals surface area contributed by atoms with E-state index >= 15 is 0 Å². The van der Waals surface area contributed by atoms with Crippen LogP contribution in [0.4, 0.5) is 0 Å². The first kappa shape index (κ1) is 17.0. The molecule has 2 amide bonds. The first-order chi connectivity index (χ1) is 11.6. The third-order valence-electron chi connectivity index (χ3n) is 4.88. The van der Waals surface area contributed by atoms with Gasteiger partial charge in [-0.05, 0) is 30.5 Å². The smallest absolute Gasteiger partial charge is 0.273 e. The second-order valence-corrected chi connectivity index (χ2v) is 6.77. The molecule has 1 aromatic rings. The van der Waals surface area contributed by atoms with Crippen LogP contribution in [0.3, 0.4) is 0 Å². The van der Waals surface area contributed by atoms with Gasteiger partial charge >= 0.3 is 0 Å². The van der Waals surface area contributed by atoms with Crippen molar-refractivity contribution in [2.45, 2.75) is 51.0 Å². The summed E-state index contributed by atoms with van der Waals surface area (Å²) in [4.78, 5) is 26.9. The Hall–Kier alpha value is -1.81. The minimum atomic E-state index is -0.349. The van der Waals surface area contributed by atoms with E-state index in [2.05, 4.69) is 0 Å².